The van der Waals surface area contributed by atoms with E-state index in [1.165, 1.54) is 0 Å². The molecule has 11 nitrogen and oxygen atoms in total. The minimum Gasteiger partial charge on any atom is -0.392 e. The van der Waals surface area contributed by atoms with Crippen LogP contribution in [-0.4, -0.2) is 115 Å². The highest BCUT2D eigenvalue weighted by molar-refractivity contribution is 5.79. The van der Waals surface area contributed by atoms with Gasteiger partial charge in [-0.2, -0.15) is 0 Å². The molecule has 12 bridgehead atoms. The van der Waals surface area contributed by atoms with Crippen molar-refractivity contribution in [2.24, 2.45) is 17.6 Å². The van der Waals surface area contributed by atoms with Crippen molar-refractivity contribution in [1.29, 1.82) is 0 Å². The number of rotatable bonds is 3. The summed E-state index contributed by atoms with van der Waals surface area (Å²) in [4.78, 5) is 13.8. The highest BCUT2D eigenvalue weighted by Crippen LogP contribution is 2.54. The van der Waals surface area contributed by atoms with Gasteiger partial charge in [-0.1, -0.05) is 20.1 Å². The van der Waals surface area contributed by atoms with Gasteiger partial charge < -0.3 is 48.7 Å². The summed E-state index contributed by atoms with van der Waals surface area (Å²) in [6, 6.07) is 0. The minimum absolute atomic E-state index is 0.00511. The summed E-state index contributed by atoms with van der Waals surface area (Å²) < 4.78 is 53.8. The maximum atomic E-state index is 13.8. The van der Waals surface area contributed by atoms with Crippen LogP contribution in [0.15, 0.2) is 24.3 Å². The minimum atomic E-state index is -0.761. The van der Waals surface area contributed by atoms with Crippen molar-refractivity contribution < 1.29 is 47.8 Å². The van der Waals surface area contributed by atoms with Gasteiger partial charge in [0.25, 0.3) is 0 Å². The first-order chi connectivity index (χ1) is 24.1. The van der Waals surface area contributed by atoms with Gasteiger partial charge in [-0.25, -0.2) is 0 Å². The second kappa shape index (κ2) is 13.6. The molecule has 13 unspecified atom stereocenters. The second-order valence-corrected chi connectivity index (χ2v) is 17.1. The Labute approximate surface area is 295 Å². The van der Waals surface area contributed by atoms with Crippen LogP contribution in [0.1, 0.15) is 96.8 Å². The lowest BCUT2D eigenvalue weighted by Crippen LogP contribution is -2.61. The number of aliphatic hydroxyl groups is 1. The molecule has 10 heterocycles. The molecule has 0 aliphatic carbocycles. The fraction of sp³-hybridized carbons (Fsp3) is 0.872. The Morgan fingerprint density at radius 1 is 0.760 bits per heavy atom. The first-order valence-electron chi connectivity index (χ1n) is 19.7. The molecule has 0 saturated carbocycles. The monoisotopic (exact) mass is 699 g/mol. The van der Waals surface area contributed by atoms with Gasteiger partial charge in [0.1, 0.15) is 36.3 Å². The fourth-order valence-corrected chi connectivity index (χ4v) is 11.0. The standard InChI is InChI=1S/C39H57NO10/c1-19-10-25-4-6-29-20(2)11-27(43-29)8-9-39-17-33-35(49-39)36-37(48-33)38(50-39)34-30(47-36)7-5-26(46-34)14-23(41)12-22-13-28(15-24(42)18-40)45-32(22)16-31(44-25)21(19)3/h19,22,24-38,42H,2-18,40H2,1H3/t19-,22?,24?,25?,26?,27?,28+,29?,30?,31-,32?,33-,34?,35?,36?,37?,38?,39+/m1/s1. The Bertz CT molecular complexity index is 1330. The van der Waals surface area contributed by atoms with Crippen molar-refractivity contribution in [3.63, 3.8) is 0 Å². The summed E-state index contributed by atoms with van der Waals surface area (Å²) in [7, 11) is 0. The molecular formula is C39H57NO10. The molecule has 0 aromatic heterocycles. The molecule has 10 rings (SSSR count). The summed E-state index contributed by atoms with van der Waals surface area (Å²) in [6.07, 6.45) is 7.34. The van der Waals surface area contributed by atoms with Crippen LogP contribution in [0.25, 0.3) is 0 Å². The van der Waals surface area contributed by atoms with Crippen LogP contribution < -0.4 is 5.73 Å². The van der Waals surface area contributed by atoms with Crippen molar-refractivity contribution in [3.05, 3.63) is 24.3 Å². The maximum absolute atomic E-state index is 13.8. The van der Waals surface area contributed by atoms with E-state index in [2.05, 4.69) is 20.1 Å². The summed E-state index contributed by atoms with van der Waals surface area (Å²) in [5, 5.41) is 10.4. The molecule has 10 saturated heterocycles. The average molecular weight is 700 g/mol. The van der Waals surface area contributed by atoms with Crippen molar-refractivity contribution in [2.75, 3.05) is 6.54 Å². The van der Waals surface area contributed by atoms with Crippen LogP contribution in [0.4, 0.5) is 0 Å². The Morgan fingerprint density at radius 2 is 1.52 bits per heavy atom. The lowest BCUT2D eigenvalue weighted by atomic mass is 9.82. The predicted octanol–water partition coefficient (Wildman–Crippen LogP) is 3.81. The molecule has 10 aliphatic heterocycles. The quantitative estimate of drug-likeness (QED) is 0.416. The average Bonchev–Trinajstić information content (AvgIpc) is 3.78. The molecule has 50 heavy (non-hydrogen) atoms. The van der Waals surface area contributed by atoms with E-state index in [1.54, 1.807) is 0 Å². The molecule has 278 valence electrons. The Hall–Kier alpha value is -1.25. The second-order valence-electron chi connectivity index (χ2n) is 17.1. The SMILES string of the molecule is C=C1CC2CC[C@@]34C[C@H]5OC6C(O3)C3OC(CCC3OC6C5O4)CC(=O)CC3C[C@@H](CC(O)CN)OC3C[C@H]3OC(CCC1O2)C[C@@H](C)C3=C. The Kier molecular flexibility index (Phi) is 9.36. The van der Waals surface area contributed by atoms with E-state index in [1.807, 2.05) is 0 Å². The van der Waals surface area contributed by atoms with Crippen LogP contribution in [0.2, 0.25) is 0 Å². The van der Waals surface area contributed by atoms with Crippen LogP contribution in [0.5, 0.6) is 0 Å². The largest absolute Gasteiger partial charge is 0.392 e. The Morgan fingerprint density at radius 3 is 2.38 bits per heavy atom. The molecule has 0 aromatic carbocycles. The zero-order valence-electron chi connectivity index (χ0n) is 29.5. The van der Waals surface area contributed by atoms with E-state index in [0.717, 1.165) is 56.1 Å². The Balaban J connectivity index is 0.974. The number of nitrogens with two attached hydrogens (primary N) is 1. The molecule has 0 radical (unpaired) electrons. The van der Waals surface area contributed by atoms with Gasteiger partial charge in [0.2, 0.25) is 0 Å². The summed E-state index contributed by atoms with van der Waals surface area (Å²) >= 11 is 0. The molecule has 11 heteroatoms. The smallest absolute Gasteiger partial charge is 0.172 e. The zero-order chi connectivity index (χ0) is 34.3. The number of Topliss-reactive ketones (excluding diaryl/α,β-unsaturated/α-hetero) is 1. The predicted molar refractivity (Wildman–Crippen MR) is 180 cm³/mol. The highest BCUT2D eigenvalue weighted by atomic mass is 16.8. The molecule has 3 N–H and O–H groups in total. The van der Waals surface area contributed by atoms with Crippen molar-refractivity contribution in [3.8, 4) is 0 Å². The maximum Gasteiger partial charge on any atom is 0.172 e. The third kappa shape index (κ3) is 6.39. The van der Waals surface area contributed by atoms with E-state index in [9.17, 15) is 9.90 Å². The summed E-state index contributed by atoms with van der Waals surface area (Å²) in [5.74, 6) is -0.249. The van der Waals surface area contributed by atoms with Crippen molar-refractivity contribution in [2.45, 2.75) is 194 Å². The van der Waals surface area contributed by atoms with Crippen molar-refractivity contribution in [1.82, 2.24) is 0 Å². The number of fused-ring (bicyclic) bond motifs is 6. The van der Waals surface area contributed by atoms with E-state index in [0.29, 0.717) is 50.9 Å². The van der Waals surface area contributed by atoms with E-state index >= 15 is 0 Å². The fourth-order valence-electron chi connectivity index (χ4n) is 11.0. The normalized spacial score (nSPS) is 52.5. The van der Waals surface area contributed by atoms with Crippen LogP contribution >= 0.6 is 0 Å². The summed E-state index contributed by atoms with van der Waals surface area (Å²) in [5.41, 5.74) is 8.02. The number of ketones is 1. The topological polar surface area (TPSA) is 137 Å². The van der Waals surface area contributed by atoms with Crippen molar-refractivity contribution >= 4 is 5.78 Å². The van der Waals surface area contributed by atoms with Crippen LogP contribution in [-0.2, 0) is 42.7 Å². The van der Waals surface area contributed by atoms with E-state index in [-0.39, 0.29) is 104 Å². The number of hydrogen-bond acceptors (Lipinski definition) is 11. The lowest BCUT2D eigenvalue weighted by Gasteiger charge is -2.47. The van der Waals surface area contributed by atoms with Gasteiger partial charge in [-0.15, -0.1) is 0 Å². The summed E-state index contributed by atoms with van der Waals surface area (Å²) in [6.45, 7) is 11.3. The van der Waals surface area contributed by atoms with Gasteiger partial charge in [0.15, 0.2) is 5.79 Å². The van der Waals surface area contributed by atoms with E-state index in [4.69, 9.17) is 43.6 Å². The van der Waals surface area contributed by atoms with Gasteiger partial charge in [0.05, 0.1) is 61.0 Å². The first-order valence-corrected chi connectivity index (χ1v) is 19.7. The molecular weight excluding hydrogens is 642 g/mol. The number of carbonyl (C=O) groups excluding carboxylic acids is 1. The highest BCUT2D eigenvalue weighted by Gasteiger charge is 2.68. The lowest BCUT2D eigenvalue weighted by molar-refractivity contribution is -0.292. The molecule has 10 aliphatic rings. The van der Waals surface area contributed by atoms with Crippen LogP contribution in [0.3, 0.4) is 0 Å². The number of aliphatic hydroxyl groups excluding tert-OH is 1. The van der Waals surface area contributed by atoms with Gasteiger partial charge in [-0.05, 0) is 74.3 Å². The molecule has 18 atom stereocenters. The van der Waals surface area contributed by atoms with Crippen LogP contribution in [0, 0.1) is 11.8 Å². The molecule has 0 amide bonds. The molecule has 0 aromatic rings. The van der Waals surface area contributed by atoms with Gasteiger partial charge in [0, 0.05) is 45.1 Å². The first kappa shape index (κ1) is 34.5. The van der Waals surface area contributed by atoms with Gasteiger partial charge in [-0.3, -0.25) is 4.79 Å². The number of carbonyl (C=O) groups is 1. The van der Waals surface area contributed by atoms with Gasteiger partial charge >= 0.3 is 0 Å². The molecule has 1 spiro atoms. The third-order valence-corrected chi connectivity index (χ3v) is 13.6. The van der Waals surface area contributed by atoms with E-state index < -0.39 is 11.9 Å². The number of ether oxygens (including phenoxy) is 8. The number of hydrogen-bond donors (Lipinski definition) is 2. The third-order valence-electron chi connectivity index (χ3n) is 13.6. The molecule has 10 fully saturated rings. The zero-order valence-corrected chi connectivity index (χ0v) is 29.5.